The van der Waals surface area contributed by atoms with Gasteiger partial charge in [0.15, 0.2) is 0 Å². The predicted octanol–water partition coefficient (Wildman–Crippen LogP) is 0.353. The summed E-state index contributed by atoms with van der Waals surface area (Å²) in [6.07, 6.45) is 5.06. The molecule has 0 saturated carbocycles. The lowest BCUT2D eigenvalue weighted by atomic mass is 9.95. The van der Waals surface area contributed by atoms with Crippen LogP contribution in [0.3, 0.4) is 0 Å². The summed E-state index contributed by atoms with van der Waals surface area (Å²) in [5, 5.41) is 3.92. The molecule has 4 heterocycles. The minimum absolute atomic E-state index is 0.0676. The molecule has 0 radical (unpaired) electrons. The van der Waals surface area contributed by atoms with E-state index in [1.165, 1.54) is 0 Å². The number of aromatic nitrogens is 2. The van der Waals surface area contributed by atoms with Crippen molar-refractivity contribution in [2.24, 2.45) is 5.10 Å². The molecule has 4 rings (SSSR count). The first-order chi connectivity index (χ1) is 13.5. The van der Waals surface area contributed by atoms with Crippen LogP contribution in [0.25, 0.3) is 0 Å². The molecule has 1 N–H and O–H groups in total. The molecule has 3 amide bonds. The molecule has 0 unspecified atom stereocenters. The Balaban J connectivity index is 1.46. The van der Waals surface area contributed by atoms with E-state index in [1.807, 2.05) is 6.20 Å². The van der Waals surface area contributed by atoms with Gasteiger partial charge in [-0.05, 0) is 12.8 Å². The SMILES string of the molecule is CC(=O)N1CCc2nc([C@@H]3CCCN(C(=O)C4=NNC(=O)CC4)C3)ncc2C1. The Bertz CT molecular complexity index is 852. The molecule has 1 atom stereocenters. The van der Waals surface area contributed by atoms with Crippen molar-refractivity contribution < 1.29 is 14.4 Å². The number of piperidine rings is 1. The Morgan fingerprint density at radius 2 is 2.04 bits per heavy atom. The molecule has 9 heteroatoms. The van der Waals surface area contributed by atoms with Crippen LogP contribution < -0.4 is 5.43 Å². The number of hydrazone groups is 1. The number of carbonyl (C=O) groups excluding carboxylic acids is 3. The number of fused-ring (bicyclic) bond motifs is 1. The molecule has 3 aliphatic heterocycles. The number of carbonyl (C=O) groups is 3. The van der Waals surface area contributed by atoms with Crippen LogP contribution in [0.15, 0.2) is 11.3 Å². The molecule has 0 bridgehead atoms. The molecule has 28 heavy (non-hydrogen) atoms. The van der Waals surface area contributed by atoms with E-state index in [4.69, 9.17) is 4.98 Å². The van der Waals surface area contributed by atoms with Gasteiger partial charge in [0, 0.05) is 70.0 Å². The normalized spacial score (nSPS) is 22.2. The molecule has 0 aliphatic carbocycles. The maximum absolute atomic E-state index is 12.7. The average Bonchev–Trinajstić information content (AvgIpc) is 2.73. The predicted molar refractivity (Wildman–Crippen MR) is 100 cm³/mol. The van der Waals surface area contributed by atoms with Crippen LogP contribution in [0.1, 0.15) is 55.6 Å². The lowest BCUT2D eigenvalue weighted by Gasteiger charge is -2.33. The molecule has 0 spiro atoms. The first-order valence-corrected chi connectivity index (χ1v) is 9.76. The van der Waals surface area contributed by atoms with Crippen LogP contribution in [-0.4, -0.2) is 62.8 Å². The van der Waals surface area contributed by atoms with Gasteiger partial charge in [0.2, 0.25) is 11.8 Å². The Morgan fingerprint density at radius 3 is 2.79 bits per heavy atom. The molecular formula is C19H24N6O3. The van der Waals surface area contributed by atoms with Crippen LogP contribution in [0.4, 0.5) is 0 Å². The Kier molecular flexibility index (Phi) is 5.06. The molecule has 148 valence electrons. The number of likely N-dealkylation sites (tertiary alicyclic amines) is 1. The third-order valence-electron chi connectivity index (χ3n) is 5.62. The number of rotatable bonds is 2. The fourth-order valence-electron chi connectivity index (χ4n) is 3.98. The van der Waals surface area contributed by atoms with Gasteiger partial charge < -0.3 is 9.80 Å². The molecule has 9 nitrogen and oxygen atoms in total. The molecule has 1 saturated heterocycles. The van der Waals surface area contributed by atoms with Crippen molar-refractivity contribution in [2.75, 3.05) is 19.6 Å². The summed E-state index contributed by atoms with van der Waals surface area (Å²) in [6.45, 7) is 4.06. The first-order valence-electron chi connectivity index (χ1n) is 9.76. The van der Waals surface area contributed by atoms with E-state index < -0.39 is 0 Å². The largest absolute Gasteiger partial charge is 0.338 e. The van der Waals surface area contributed by atoms with Crippen molar-refractivity contribution in [2.45, 2.75) is 51.5 Å². The Morgan fingerprint density at radius 1 is 1.18 bits per heavy atom. The maximum atomic E-state index is 12.7. The van der Waals surface area contributed by atoms with E-state index in [1.54, 1.807) is 16.7 Å². The van der Waals surface area contributed by atoms with Crippen LogP contribution in [0.5, 0.6) is 0 Å². The van der Waals surface area contributed by atoms with E-state index in [9.17, 15) is 14.4 Å². The topological polar surface area (TPSA) is 108 Å². The van der Waals surface area contributed by atoms with Crippen molar-refractivity contribution in [1.82, 2.24) is 25.2 Å². The summed E-state index contributed by atoms with van der Waals surface area (Å²) < 4.78 is 0. The van der Waals surface area contributed by atoms with Gasteiger partial charge in [-0.2, -0.15) is 5.10 Å². The summed E-state index contributed by atoms with van der Waals surface area (Å²) in [5.41, 5.74) is 4.81. The highest BCUT2D eigenvalue weighted by Crippen LogP contribution is 2.27. The van der Waals surface area contributed by atoms with Crippen LogP contribution in [0, 0.1) is 0 Å². The standard InChI is InChI=1S/C19H24N6O3/c1-12(26)24-8-6-15-14(11-24)9-20-18(21-15)13-3-2-7-25(10-13)19(28)16-4-5-17(27)23-22-16/h9,13H,2-8,10-11H2,1H3,(H,23,27)/t13-/m1/s1. The zero-order chi connectivity index (χ0) is 19.7. The lowest BCUT2D eigenvalue weighted by Crippen LogP contribution is -2.45. The van der Waals surface area contributed by atoms with Gasteiger partial charge in [-0.25, -0.2) is 15.4 Å². The minimum Gasteiger partial charge on any atom is -0.338 e. The Hall–Kier alpha value is -2.84. The fraction of sp³-hybridized carbons (Fsp3) is 0.579. The van der Waals surface area contributed by atoms with Gasteiger partial charge in [-0.15, -0.1) is 0 Å². The van der Waals surface area contributed by atoms with E-state index in [0.717, 1.165) is 36.3 Å². The summed E-state index contributed by atoms with van der Waals surface area (Å²) >= 11 is 0. The third kappa shape index (κ3) is 3.74. The average molecular weight is 384 g/mol. The molecule has 1 fully saturated rings. The summed E-state index contributed by atoms with van der Waals surface area (Å²) in [4.78, 5) is 48.5. The monoisotopic (exact) mass is 384 g/mol. The molecule has 0 aromatic carbocycles. The lowest BCUT2D eigenvalue weighted by molar-refractivity contribution is -0.129. The van der Waals surface area contributed by atoms with Crippen molar-refractivity contribution >= 4 is 23.4 Å². The van der Waals surface area contributed by atoms with Crippen molar-refractivity contribution in [3.05, 3.63) is 23.3 Å². The number of hydrogen-bond donors (Lipinski definition) is 1. The number of nitrogens with zero attached hydrogens (tertiary/aromatic N) is 5. The van der Waals surface area contributed by atoms with E-state index in [2.05, 4.69) is 15.5 Å². The van der Waals surface area contributed by atoms with E-state index >= 15 is 0 Å². The molecule has 3 aliphatic rings. The van der Waals surface area contributed by atoms with Gasteiger partial charge >= 0.3 is 0 Å². The van der Waals surface area contributed by atoms with Crippen LogP contribution in [-0.2, 0) is 27.3 Å². The first kappa shape index (κ1) is 18.5. The second-order valence-corrected chi connectivity index (χ2v) is 7.57. The Labute approximate surface area is 163 Å². The van der Waals surface area contributed by atoms with Crippen LogP contribution in [0.2, 0.25) is 0 Å². The quantitative estimate of drug-likeness (QED) is 0.792. The van der Waals surface area contributed by atoms with E-state index in [0.29, 0.717) is 44.7 Å². The minimum atomic E-state index is -0.154. The van der Waals surface area contributed by atoms with Gasteiger partial charge in [0.1, 0.15) is 11.5 Å². The zero-order valence-electron chi connectivity index (χ0n) is 16.0. The summed E-state index contributed by atoms with van der Waals surface area (Å²) in [7, 11) is 0. The van der Waals surface area contributed by atoms with Gasteiger partial charge in [0.25, 0.3) is 5.91 Å². The zero-order valence-corrected chi connectivity index (χ0v) is 16.0. The smallest absolute Gasteiger partial charge is 0.270 e. The number of nitrogens with one attached hydrogen (secondary N) is 1. The highest BCUT2D eigenvalue weighted by atomic mass is 16.2. The maximum Gasteiger partial charge on any atom is 0.270 e. The van der Waals surface area contributed by atoms with Gasteiger partial charge in [0.05, 0.1) is 5.69 Å². The third-order valence-corrected chi connectivity index (χ3v) is 5.62. The fourth-order valence-corrected chi connectivity index (χ4v) is 3.98. The van der Waals surface area contributed by atoms with Crippen molar-refractivity contribution in [1.29, 1.82) is 0 Å². The number of amides is 3. The summed E-state index contributed by atoms with van der Waals surface area (Å²) in [5.74, 6) is 0.663. The summed E-state index contributed by atoms with van der Waals surface area (Å²) in [6, 6.07) is 0. The van der Waals surface area contributed by atoms with E-state index in [-0.39, 0.29) is 23.6 Å². The van der Waals surface area contributed by atoms with Gasteiger partial charge in [-0.3, -0.25) is 14.4 Å². The second kappa shape index (κ2) is 7.65. The van der Waals surface area contributed by atoms with Crippen LogP contribution >= 0.6 is 0 Å². The van der Waals surface area contributed by atoms with Crippen molar-refractivity contribution in [3.63, 3.8) is 0 Å². The number of hydrogen-bond acceptors (Lipinski definition) is 6. The second-order valence-electron chi connectivity index (χ2n) is 7.57. The highest BCUT2D eigenvalue weighted by molar-refractivity contribution is 6.39. The van der Waals surface area contributed by atoms with Gasteiger partial charge in [-0.1, -0.05) is 0 Å². The van der Waals surface area contributed by atoms with Crippen molar-refractivity contribution in [3.8, 4) is 0 Å². The molecular weight excluding hydrogens is 360 g/mol. The highest BCUT2D eigenvalue weighted by Gasteiger charge is 2.31. The molecule has 1 aromatic heterocycles. The molecule has 1 aromatic rings.